The molecule has 1 aliphatic heterocycles. The minimum absolute atomic E-state index is 0.171. The number of rotatable bonds is 6. The van der Waals surface area contributed by atoms with Crippen LogP contribution < -0.4 is 5.32 Å². The molecule has 8 heteroatoms. The molecule has 0 saturated carbocycles. The quantitative estimate of drug-likeness (QED) is 0.800. The molecule has 1 amide bonds. The van der Waals surface area contributed by atoms with E-state index in [4.69, 9.17) is 23.2 Å². The van der Waals surface area contributed by atoms with Gasteiger partial charge in [0.2, 0.25) is 15.9 Å². The van der Waals surface area contributed by atoms with Crippen LogP contribution >= 0.6 is 23.2 Å². The molecule has 0 spiro atoms. The summed E-state index contributed by atoms with van der Waals surface area (Å²) in [4.78, 5) is 12.4. The topological polar surface area (TPSA) is 66.5 Å². The maximum Gasteiger partial charge on any atom is 0.227 e. The van der Waals surface area contributed by atoms with Gasteiger partial charge in [-0.15, -0.1) is 0 Å². The summed E-state index contributed by atoms with van der Waals surface area (Å²) in [6, 6.07) is 5.03. The second-order valence-electron chi connectivity index (χ2n) is 5.93. The normalized spacial score (nSPS) is 17.0. The number of sulfonamides is 1. The number of carbonyl (C=O) groups is 1. The monoisotopic (exact) mass is 392 g/mol. The van der Waals surface area contributed by atoms with Gasteiger partial charge in [-0.05, 0) is 31.4 Å². The predicted octanol–water partition coefficient (Wildman–Crippen LogP) is 3.77. The van der Waals surface area contributed by atoms with Gasteiger partial charge >= 0.3 is 0 Å². The van der Waals surface area contributed by atoms with Crippen molar-refractivity contribution in [3.05, 3.63) is 28.2 Å². The molecule has 0 aromatic heterocycles. The molecule has 0 unspecified atom stereocenters. The van der Waals surface area contributed by atoms with Gasteiger partial charge in [-0.1, -0.05) is 42.6 Å². The SMILES string of the molecule is CCCCS(=O)(=O)N1CCC(C(=O)Nc2c(Cl)cccc2Cl)CC1. The molecule has 1 aliphatic rings. The van der Waals surface area contributed by atoms with E-state index >= 15 is 0 Å². The average Bonchev–Trinajstić information content (AvgIpc) is 2.56. The van der Waals surface area contributed by atoms with Crippen LogP contribution in [0.1, 0.15) is 32.6 Å². The Kier molecular flexibility index (Phi) is 6.92. The molecule has 1 fully saturated rings. The summed E-state index contributed by atoms with van der Waals surface area (Å²) in [5.74, 6) is -0.235. The first kappa shape index (κ1) is 19.5. The van der Waals surface area contributed by atoms with Gasteiger partial charge in [-0.2, -0.15) is 0 Å². The first-order chi connectivity index (χ1) is 11.3. The summed E-state index contributed by atoms with van der Waals surface area (Å²) < 4.78 is 25.9. The van der Waals surface area contributed by atoms with Crippen molar-refractivity contribution in [2.24, 2.45) is 5.92 Å². The van der Waals surface area contributed by atoms with Crippen molar-refractivity contribution in [3.8, 4) is 0 Å². The van der Waals surface area contributed by atoms with Crippen molar-refractivity contribution in [3.63, 3.8) is 0 Å². The van der Waals surface area contributed by atoms with Crippen LogP contribution in [-0.2, 0) is 14.8 Å². The van der Waals surface area contributed by atoms with Crippen LogP contribution in [0.3, 0.4) is 0 Å². The second kappa shape index (κ2) is 8.52. The van der Waals surface area contributed by atoms with Crippen molar-refractivity contribution in [2.45, 2.75) is 32.6 Å². The number of nitrogens with zero attached hydrogens (tertiary/aromatic N) is 1. The second-order valence-corrected chi connectivity index (χ2v) is 8.83. The van der Waals surface area contributed by atoms with E-state index in [2.05, 4.69) is 5.32 Å². The van der Waals surface area contributed by atoms with E-state index in [-0.39, 0.29) is 17.6 Å². The summed E-state index contributed by atoms with van der Waals surface area (Å²) in [5.41, 5.74) is 0.406. The Balaban J connectivity index is 1.93. The van der Waals surface area contributed by atoms with Gasteiger partial charge in [0.1, 0.15) is 0 Å². The first-order valence-corrected chi connectivity index (χ1v) is 10.4. The molecule has 5 nitrogen and oxygen atoms in total. The number of para-hydroxylation sites is 1. The summed E-state index contributed by atoms with van der Waals surface area (Å²) in [6.45, 7) is 2.71. The highest BCUT2D eigenvalue weighted by Gasteiger charge is 2.31. The van der Waals surface area contributed by atoms with Gasteiger partial charge in [0, 0.05) is 19.0 Å². The number of hydrogen-bond donors (Lipinski definition) is 1. The Morgan fingerprint density at radius 2 is 1.83 bits per heavy atom. The summed E-state index contributed by atoms with van der Waals surface area (Å²) >= 11 is 12.1. The zero-order chi connectivity index (χ0) is 17.7. The standard InChI is InChI=1S/C16H22Cl2N2O3S/c1-2-3-11-24(22,23)20-9-7-12(8-10-20)16(21)19-15-13(17)5-4-6-14(15)18/h4-6,12H,2-3,7-11H2,1H3,(H,19,21). The van der Waals surface area contributed by atoms with Crippen LogP contribution in [0.15, 0.2) is 18.2 Å². The van der Waals surface area contributed by atoms with E-state index in [0.29, 0.717) is 48.1 Å². The molecule has 1 saturated heterocycles. The van der Waals surface area contributed by atoms with E-state index in [1.54, 1.807) is 18.2 Å². The molecule has 0 bridgehead atoms. The lowest BCUT2D eigenvalue weighted by molar-refractivity contribution is -0.120. The van der Waals surface area contributed by atoms with Gasteiger partial charge in [0.15, 0.2) is 0 Å². The number of carbonyl (C=O) groups excluding carboxylic acids is 1. The van der Waals surface area contributed by atoms with Crippen LogP contribution in [0.5, 0.6) is 0 Å². The molecular weight excluding hydrogens is 371 g/mol. The lowest BCUT2D eigenvalue weighted by atomic mass is 9.97. The predicted molar refractivity (Wildman–Crippen MR) is 98.1 cm³/mol. The lowest BCUT2D eigenvalue weighted by Crippen LogP contribution is -2.42. The summed E-state index contributed by atoms with van der Waals surface area (Å²) in [7, 11) is -3.21. The van der Waals surface area contributed by atoms with E-state index in [1.807, 2.05) is 6.92 Å². The Labute approximate surface area is 153 Å². The number of benzene rings is 1. The number of piperidine rings is 1. The first-order valence-electron chi connectivity index (χ1n) is 8.08. The third-order valence-corrected chi connectivity index (χ3v) is 6.77. The van der Waals surface area contributed by atoms with Crippen molar-refractivity contribution < 1.29 is 13.2 Å². The van der Waals surface area contributed by atoms with E-state index in [9.17, 15) is 13.2 Å². The highest BCUT2D eigenvalue weighted by molar-refractivity contribution is 7.89. The number of amides is 1. The van der Waals surface area contributed by atoms with Crippen molar-refractivity contribution >= 4 is 44.8 Å². The molecule has 24 heavy (non-hydrogen) atoms. The molecular formula is C16H22Cl2N2O3S. The summed E-state index contributed by atoms with van der Waals surface area (Å²) in [5, 5.41) is 3.53. The fourth-order valence-corrected chi connectivity index (χ4v) is 4.87. The third-order valence-electron chi connectivity index (χ3n) is 4.18. The van der Waals surface area contributed by atoms with Crippen molar-refractivity contribution in [1.82, 2.24) is 4.31 Å². The number of halogens is 2. The largest absolute Gasteiger partial charge is 0.323 e. The van der Waals surface area contributed by atoms with Crippen LogP contribution in [0.4, 0.5) is 5.69 Å². The molecule has 0 atom stereocenters. The minimum Gasteiger partial charge on any atom is -0.323 e. The van der Waals surface area contributed by atoms with Gasteiger partial charge < -0.3 is 5.32 Å². The van der Waals surface area contributed by atoms with Gasteiger partial charge in [-0.3, -0.25) is 4.79 Å². The zero-order valence-corrected chi connectivity index (χ0v) is 15.9. The van der Waals surface area contributed by atoms with Gasteiger partial charge in [-0.25, -0.2) is 12.7 Å². The van der Waals surface area contributed by atoms with Crippen LogP contribution in [0, 0.1) is 5.92 Å². The lowest BCUT2D eigenvalue weighted by Gasteiger charge is -2.30. The minimum atomic E-state index is -3.21. The van der Waals surface area contributed by atoms with Crippen molar-refractivity contribution in [1.29, 1.82) is 0 Å². The number of unbranched alkanes of at least 4 members (excludes halogenated alkanes) is 1. The number of nitrogens with one attached hydrogen (secondary N) is 1. The fraction of sp³-hybridized carbons (Fsp3) is 0.562. The van der Waals surface area contributed by atoms with E-state index in [1.165, 1.54) is 4.31 Å². The van der Waals surface area contributed by atoms with Crippen LogP contribution in [-0.4, -0.2) is 37.5 Å². The van der Waals surface area contributed by atoms with Crippen molar-refractivity contribution in [2.75, 3.05) is 24.2 Å². The molecule has 0 radical (unpaired) electrons. The molecule has 2 rings (SSSR count). The van der Waals surface area contributed by atoms with Crippen LogP contribution in [0.2, 0.25) is 10.0 Å². The maximum atomic E-state index is 12.4. The highest BCUT2D eigenvalue weighted by atomic mass is 35.5. The van der Waals surface area contributed by atoms with Crippen LogP contribution in [0.25, 0.3) is 0 Å². The molecule has 1 heterocycles. The Morgan fingerprint density at radius 1 is 1.25 bits per heavy atom. The maximum absolute atomic E-state index is 12.4. The Morgan fingerprint density at radius 3 is 2.38 bits per heavy atom. The van der Waals surface area contributed by atoms with E-state index < -0.39 is 10.0 Å². The number of hydrogen-bond acceptors (Lipinski definition) is 3. The molecule has 1 aromatic rings. The fourth-order valence-electron chi connectivity index (χ4n) is 2.69. The van der Waals surface area contributed by atoms with E-state index in [0.717, 1.165) is 6.42 Å². The summed E-state index contributed by atoms with van der Waals surface area (Å²) in [6.07, 6.45) is 2.50. The zero-order valence-electron chi connectivity index (χ0n) is 13.6. The molecule has 0 aliphatic carbocycles. The average molecular weight is 393 g/mol. The number of anilines is 1. The highest BCUT2D eigenvalue weighted by Crippen LogP contribution is 2.31. The Bertz CT molecular complexity index is 666. The molecule has 1 N–H and O–H groups in total. The molecule has 1 aromatic carbocycles. The van der Waals surface area contributed by atoms with Gasteiger partial charge in [0.25, 0.3) is 0 Å². The van der Waals surface area contributed by atoms with Gasteiger partial charge in [0.05, 0.1) is 21.5 Å². The smallest absolute Gasteiger partial charge is 0.227 e. The molecule has 134 valence electrons. The Hall–Kier alpha value is -0.820. The third kappa shape index (κ3) is 4.85.